The van der Waals surface area contributed by atoms with E-state index in [0.717, 1.165) is 77.4 Å². The number of halogens is 1. The van der Waals surface area contributed by atoms with Gasteiger partial charge in [-0.15, -0.1) is 23.7 Å². The van der Waals surface area contributed by atoms with Gasteiger partial charge in [0.1, 0.15) is 17.2 Å². The zero-order chi connectivity index (χ0) is 30.2. The van der Waals surface area contributed by atoms with E-state index in [1.54, 1.807) is 0 Å². The van der Waals surface area contributed by atoms with Gasteiger partial charge in [-0.25, -0.2) is 4.79 Å². The molecule has 10 heteroatoms. The number of carboxylic acids is 1. The van der Waals surface area contributed by atoms with E-state index in [0.29, 0.717) is 37.0 Å². The molecule has 1 aliphatic carbocycles. The normalized spacial score (nSPS) is 17.6. The number of amides is 1. The number of fused-ring (bicyclic) bond motifs is 1. The molecule has 0 radical (unpaired) electrons. The molecule has 2 aromatic heterocycles. The molecule has 3 fully saturated rings. The molecule has 1 saturated carbocycles. The van der Waals surface area contributed by atoms with E-state index in [9.17, 15) is 14.7 Å². The molecule has 2 aliphatic heterocycles. The number of anilines is 2. The molecular formula is C35H40ClN3O5S. The number of hydrogen-bond donors (Lipinski definition) is 1. The van der Waals surface area contributed by atoms with E-state index in [1.165, 1.54) is 41.9 Å². The number of carbonyl (C=O) groups excluding carboxylic acids is 1. The van der Waals surface area contributed by atoms with Gasteiger partial charge in [0, 0.05) is 50.0 Å². The van der Waals surface area contributed by atoms with Crippen LogP contribution in [-0.2, 0) is 23.2 Å². The van der Waals surface area contributed by atoms with Crippen LogP contribution in [0.5, 0.6) is 5.75 Å². The monoisotopic (exact) mass is 649 g/mol. The van der Waals surface area contributed by atoms with Crippen LogP contribution < -0.4 is 14.5 Å². The van der Waals surface area contributed by atoms with Crippen molar-refractivity contribution in [3.63, 3.8) is 0 Å². The van der Waals surface area contributed by atoms with Crippen LogP contribution >= 0.6 is 23.7 Å². The number of carboxylic acid groups (broad SMARTS) is 1. The molecule has 45 heavy (non-hydrogen) atoms. The molecule has 4 aromatic rings. The molecule has 8 nitrogen and oxygen atoms in total. The summed E-state index contributed by atoms with van der Waals surface area (Å²) in [6.07, 6.45) is 7.47. The van der Waals surface area contributed by atoms with Crippen LogP contribution in [0.25, 0.3) is 21.5 Å². The van der Waals surface area contributed by atoms with Gasteiger partial charge in [-0.2, -0.15) is 0 Å². The lowest BCUT2D eigenvalue weighted by molar-refractivity contribution is -0.117. The SMILES string of the molecule is Cl.Cn1c(-c2ccc(OCc3cc(N4CCCC4=O)ccc3N3CCOCC3)cc2)c(C2CCCCC2)c2sc(C(=O)O)cc21. The highest BCUT2D eigenvalue weighted by molar-refractivity contribution is 7.21. The number of benzene rings is 2. The Morgan fingerprint density at radius 1 is 1.00 bits per heavy atom. The maximum Gasteiger partial charge on any atom is 0.345 e. The van der Waals surface area contributed by atoms with Crippen LogP contribution in [-0.4, -0.2) is 54.4 Å². The first-order chi connectivity index (χ1) is 21.5. The van der Waals surface area contributed by atoms with Crippen LogP contribution in [0.3, 0.4) is 0 Å². The summed E-state index contributed by atoms with van der Waals surface area (Å²) < 4.78 is 15.3. The fraction of sp³-hybridized carbons (Fsp3) is 0.429. The standard InChI is InChI=1S/C35H39N3O5S.ClH/c1-36-29-21-30(35(40)41)44-34(29)32(23-6-3-2-4-7-23)33(36)24-9-12-27(13-10-24)43-22-25-20-26(38-15-5-8-31(38)39)11-14-28(25)37-16-18-42-19-17-37;/h9-14,20-21,23H,2-8,15-19,22H2,1H3,(H,40,41);1H. The van der Waals surface area contributed by atoms with Crippen LogP contribution in [0.2, 0.25) is 0 Å². The largest absolute Gasteiger partial charge is 0.489 e. The second-order valence-corrected chi connectivity index (χ2v) is 13.2. The number of aryl methyl sites for hydroxylation is 1. The Balaban J connectivity index is 0.00000357. The maximum atomic E-state index is 12.5. The van der Waals surface area contributed by atoms with E-state index >= 15 is 0 Å². The smallest absolute Gasteiger partial charge is 0.345 e. The van der Waals surface area contributed by atoms with Crippen molar-refractivity contribution in [2.45, 2.75) is 57.5 Å². The van der Waals surface area contributed by atoms with Gasteiger partial charge >= 0.3 is 5.97 Å². The summed E-state index contributed by atoms with van der Waals surface area (Å²) in [6.45, 7) is 4.21. The second kappa shape index (κ2) is 13.4. The molecule has 238 valence electrons. The van der Waals surface area contributed by atoms with Gasteiger partial charge in [0.05, 0.1) is 29.1 Å². The molecule has 7 rings (SSSR count). The van der Waals surface area contributed by atoms with E-state index in [1.807, 2.05) is 23.1 Å². The highest BCUT2D eigenvalue weighted by Gasteiger charge is 2.28. The molecule has 4 heterocycles. The number of thiophene rings is 1. The minimum absolute atomic E-state index is 0. The minimum atomic E-state index is -0.863. The third-order valence-electron chi connectivity index (χ3n) is 9.46. The first-order valence-corrected chi connectivity index (χ1v) is 16.6. The fourth-order valence-electron chi connectivity index (χ4n) is 7.22. The van der Waals surface area contributed by atoms with Crippen molar-refractivity contribution in [1.29, 1.82) is 0 Å². The van der Waals surface area contributed by atoms with Crippen molar-refractivity contribution < 1.29 is 24.2 Å². The lowest BCUT2D eigenvalue weighted by Gasteiger charge is -2.31. The lowest BCUT2D eigenvalue weighted by Crippen LogP contribution is -2.37. The number of ether oxygens (including phenoxy) is 2. The van der Waals surface area contributed by atoms with Gasteiger partial charge in [-0.05, 0) is 84.8 Å². The van der Waals surface area contributed by atoms with Crippen LogP contribution in [0, 0.1) is 0 Å². The molecule has 3 aliphatic rings. The van der Waals surface area contributed by atoms with Gasteiger partial charge in [0.2, 0.25) is 5.91 Å². The number of nitrogens with zero attached hydrogens (tertiary/aromatic N) is 3. The summed E-state index contributed by atoms with van der Waals surface area (Å²) in [5.74, 6) is 0.539. The van der Waals surface area contributed by atoms with Crippen LogP contribution in [0.15, 0.2) is 48.5 Å². The molecule has 2 aromatic carbocycles. The maximum absolute atomic E-state index is 12.5. The Morgan fingerprint density at radius 2 is 1.76 bits per heavy atom. The number of carbonyl (C=O) groups is 2. The quantitative estimate of drug-likeness (QED) is 0.211. The Bertz CT molecular complexity index is 1690. The predicted molar refractivity (Wildman–Crippen MR) is 182 cm³/mol. The van der Waals surface area contributed by atoms with Gasteiger partial charge in [0.15, 0.2) is 0 Å². The Kier molecular flexibility index (Phi) is 9.40. The van der Waals surface area contributed by atoms with Crippen molar-refractivity contribution in [2.75, 3.05) is 42.6 Å². The Morgan fingerprint density at radius 3 is 2.44 bits per heavy atom. The molecule has 1 amide bonds. The summed E-state index contributed by atoms with van der Waals surface area (Å²) in [7, 11) is 2.05. The van der Waals surface area contributed by atoms with E-state index in [-0.39, 0.29) is 18.3 Å². The van der Waals surface area contributed by atoms with Crippen LogP contribution in [0.1, 0.15) is 71.7 Å². The second-order valence-electron chi connectivity index (χ2n) is 12.2. The average molecular weight is 650 g/mol. The Labute approximate surface area is 273 Å². The molecule has 0 atom stereocenters. The Hall–Kier alpha value is -3.53. The topological polar surface area (TPSA) is 84.2 Å². The molecular weight excluding hydrogens is 610 g/mol. The van der Waals surface area contributed by atoms with Gasteiger partial charge in [-0.1, -0.05) is 19.3 Å². The first kappa shape index (κ1) is 31.5. The summed E-state index contributed by atoms with van der Waals surface area (Å²) in [5, 5.41) is 9.68. The lowest BCUT2D eigenvalue weighted by atomic mass is 9.83. The van der Waals surface area contributed by atoms with Crippen molar-refractivity contribution in [3.05, 3.63) is 64.5 Å². The molecule has 1 N–H and O–H groups in total. The summed E-state index contributed by atoms with van der Waals surface area (Å²) in [5.41, 5.74) is 7.71. The van der Waals surface area contributed by atoms with Crippen LogP contribution in [0.4, 0.5) is 11.4 Å². The number of rotatable bonds is 8. The predicted octanol–water partition coefficient (Wildman–Crippen LogP) is 7.62. The van der Waals surface area contributed by atoms with E-state index in [2.05, 4.69) is 46.8 Å². The average Bonchev–Trinajstić information content (AvgIpc) is 3.76. The molecule has 0 spiro atoms. The zero-order valence-electron chi connectivity index (χ0n) is 25.6. The zero-order valence-corrected chi connectivity index (χ0v) is 27.3. The summed E-state index contributed by atoms with van der Waals surface area (Å²) in [6, 6.07) is 16.4. The van der Waals surface area contributed by atoms with Crippen molar-refractivity contribution in [2.24, 2.45) is 7.05 Å². The minimum Gasteiger partial charge on any atom is -0.489 e. The highest BCUT2D eigenvalue weighted by Crippen LogP contribution is 2.46. The first-order valence-electron chi connectivity index (χ1n) is 15.8. The van der Waals surface area contributed by atoms with Gasteiger partial charge in [0.25, 0.3) is 0 Å². The number of aromatic nitrogens is 1. The summed E-state index contributed by atoms with van der Waals surface area (Å²) in [4.78, 5) is 28.9. The third kappa shape index (κ3) is 6.18. The highest BCUT2D eigenvalue weighted by atomic mass is 35.5. The molecule has 0 unspecified atom stereocenters. The van der Waals surface area contributed by atoms with Crippen molar-refractivity contribution in [3.8, 4) is 17.0 Å². The van der Waals surface area contributed by atoms with Crippen molar-refractivity contribution in [1.82, 2.24) is 4.57 Å². The van der Waals surface area contributed by atoms with Gasteiger partial charge < -0.3 is 28.9 Å². The summed E-state index contributed by atoms with van der Waals surface area (Å²) >= 11 is 1.41. The molecule has 2 saturated heterocycles. The van der Waals surface area contributed by atoms with Crippen molar-refractivity contribution >= 4 is 57.2 Å². The number of hydrogen-bond acceptors (Lipinski definition) is 6. The number of aromatic carboxylic acids is 1. The molecule has 0 bridgehead atoms. The third-order valence-corrected chi connectivity index (χ3v) is 10.6. The fourth-order valence-corrected chi connectivity index (χ4v) is 8.37. The number of morpholine rings is 1. The van der Waals surface area contributed by atoms with E-state index in [4.69, 9.17) is 9.47 Å². The van der Waals surface area contributed by atoms with E-state index < -0.39 is 5.97 Å². The van der Waals surface area contributed by atoms with Gasteiger partial charge in [-0.3, -0.25) is 4.79 Å².